The smallest absolute Gasteiger partial charge is 0.426 e. The Morgan fingerprint density at radius 2 is 1.75 bits per heavy atom. The Hall–Kier alpha value is -1.23. The molecule has 2 atom stereocenters. The molecule has 0 spiro atoms. The number of rotatable bonds is 7. The standard InChI is InChI=1S/C15H22F3NO/c1-3-5-6-11-7-9-12(10-8-11)20-14(13(19)4-2)15(16,17)18/h7-10,13-14H,3-6,19H2,1-2H3. The fourth-order valence-electron chi connectivity index (χ4n) is 1.87. The van der Waals surface area contributed by atoms with Gasteiger partial charge in [0.05, 0.1) is 6.04 Å². The predicted molar refractivity (Wildman–Crippen MR) is 73.8 cm³/mol. The number of aryl methyl sites for hydroxylation is 1. The largest absolute Gasteiger partial charge is 0.479 e. The highest BCUT2D eigenvalue weighted by Crippen LogP contribution is 2.28. The zero-order valence-electron chi connectivity index (χ0n) is 11.9. The third kappa shape index (κ3) is 5.04. The molecule has 1 rings (SSSR count). The molecule has 1 aromatic rings. The molecule has 0 amide bonds. The molecule has 0 aliphatic heterocycles. The minimum Gasteiger partial charge on any atom is -0.479 e. The van der Waals surface area contributed by atoms with E-state index in [4.69, 9.17) is 10.5 Å². The van der Waals surface area contributed by atoms with Crippen LogP contribution in [0.4, 0.5) is 13.2 Å². The quantitative estimate of drug-likeness (QED) is 0.821. The van der Waals surface area contributed by atoms with Crippen molar-refractivity contribution >= 4 is 0 Å². The second kappa shape index (κ2) is 7.53. The lowest BCUT2D eigenvalue weighted by Gasteiger charge is -2.26. The van der Waals surface area contributed by atoms with E-state index in [0.717, 1.165) is 24.8 Å². The average Bonchev–Trinajstić information content (AvgIpc) is 2.41. The van der Waals surface area contributed by atoms with E-state index in [1.54, 1.807) is 31.2 Å². The number of unbranched alkanes of at least 4 members (excludes halogenated alkanes) is 1. The van der Waals surface area contributed by atoms with Crippen LogP contribution in [0.2, 0.25) is 0 Å². The molecule has 0 radical (unpaired) electrons. The molecule has 0 aliphatic carbocycles. The molecule has 2 N–H and O–H groups in total. The summed E-state index contributed by atoms with van der Waals surface area (Å²) in [4.78, 5) is 0. The Balaban J connectivity index is 2.74. The van der Waals surface area contributed by atoms with Crippen LogP contribution in [0.5, 0.6) is 5.75 Å². The van der Waals surface area contributed by atoms with E-state index in [2.05, 4.69) is 6.92 Å². The number of benzene rings is 1. The van der Waals surface area contributed by atoms with E-state index in [0.29, 0.717) is 0 Å². The van der Waals surface area contributed by atoms with Gasteiger partial charge < -0.3 is 10.5 Å². The van der Waals surface area contributed by atoms with Gasteiger partial charge in [0.15, 0.2) is 0 Å². The summed E-state index contributed by atoms with van der Waals surface area (Å²) in [6.07, 6.45) is -3.15. The van der Waals surface area contributed by atoms with Crippen molar-refractivity contribution in [3.05, 3.63) is 29.8 Å². The van der Waals surface area contributed by atoms with Gasteiger partial charge in [0.25, 0.3) is 0 Å². The number of ether oxygens (including phenoxy) is 1. The van der Waals surface area contributed by atoms with E-state index in [1.165, 1.54) is 0 Å². The fraction of sp³-hybridized carbons (Fsp3) is 0.600. The third-order valence-corrected chi connectivity index (χ3v) is 3.19. The van der Waals surface area contributed by atoms with Crippen LogP contribution in [-0.2, 0) is 6.42 Å². The Morgan fingerprint density at radius 3 is 2.20 bits per heavy atom. The van der Waals surface area contributed by atoms with Crippen LogP contribution in [0.25, 0.3) is 0 Å². The first-order valence-electron chi connectivity index (χ1n) is 6.96. The highest BCUT2D eigenvalue weighted by Gasteiger charge is 2.45. The second-order valence-electron chi connectivity index (χ2n) is 4.90. The van der Waals surface area contributed by atoms with Gasteiger partial charge in [-0.25, -0.2) is 0 Å². The number of hydrogen-bond donors (Lipinski definition) is 1. The van der Waals surface area contributed by atoms with E-state index in [1.807, 2.05) is 0 Å². The topological polar surface area (TPSA) is 35.2 Å². The second-order valence-corrected chi connectivity index (χ2v) is 4.90. The zero-order valence-corrected chi connectivity index (χ0v) is 11.9. The average molecular weight is 289 g/mol. The van der Waals surface area contributed by atoms with Gasteiger partial charge in [0, 0.05) is 0 Å². The summed E-state index contributed by atoms with van der Waals surface area (Å²) in [7, 11) is 0. The molecule has 0 fully saturated rings. The predicted octanol–water partition coefficient (Wildman–Crippen LogP) is 4.08. The summed E-state index contributed by atoms with van der Waals surface area (Å²) in [6.45, 7) is 3.71. The molecule has 0 saturated heterocycles. The summed E-state index contributed by atoms with van der Waals surface area (Å²) in [5.74, 6) is 0.205. The van der Waals surface area contributed by atoms with Crippen LogP contribution in [0, 0.1) is 0 Å². The van der Waals surface area contributed by atoms with Gasteiger partial charge in [0.2, 0.25) is 6.10 Å². The van der Waals surface area contributed by atoms with Crippen molar-refractivity contribution in [3.63, 3.8) is 0 Å². The molecule has 0 aliphatic rings. The molecule has 1 aromatic carbocycles. The lowest BCUT2D eigenvalue weighted by Crippen LogP contribution is -2.48. The number of alkyl halides is 3. The molecule has 20 heavy (non-hydrogen) atoms. The van der Waals surface area contributed by atoms with Crippen molar-refractivity contribution in [1.82, 2.24) is 0 Å². The van der Waals surface area contributed by atoms with Gasteiger partial charge in [-0.05, 0) is 37.0 Å². The highest BCUT2D eigenvalue weighted by atomic mass is 19.4. The Kier molecular flexibility index (Phi) is 6.33. The van der Waals surface area contributed by atoms with Crippen molar-refractivity contribution < 1.29 is 17.9 Å². The van der Waals surface area contributed by atoms with E-state index >= 15 is 0 Å². The van der Waals surface area contributed by atoms with Gasteiger partial charge in [-0.15, -0.1) is 0 Å². The Bertz CT molecular complexity index is 389. The van der Waals surface area contributed by atoms with E-state index < -0.39 is 18.3 Å². The summed E-state index contributed by atoms with van der Waals surface area (Å²) >= 11 is 0. The maximum atomic E-state index is 12.9. The number of hydrogen-bond acceptors (Lipinski definition) is 2. The van der Waals surface area contributed by atoms with Crippen molar-refractivity contribution in [3.8, 4) is 5.75 Å². The highest BCUT2D eigenvalue weighted by molar-refractivity contribution is 5.27. The fourth-order valence-corrected chi connectivity index (χ4v) is 1.87. The van der Waals surface area contributed by atoms with Crippen molar-refractivity contribution in [2.75, 3.05) is 0 Å². The SMILES string of the molecule is CCCCc1ccc(OC(C(N)CC)C(F)(F)F)cc1. The summed E-state index contributed by atoms with van der Waals surface area (Å²) < 4.78 is 43.7. The third-order valence-electron chi connectivity index (χ3n) is 3.19. The lowest BCUT2D eigenvalue weighted by atomic mass is 10.1. The number of nitrogens with two attached hydrogens (primary N) is 1. The van der Waals surface area contributed by atoms with Crippen LogP contribution in [0.1, 0.15) is 38.7 Å². The van der Waals surface area contributed by atoms with E-state index in [9.17, 15) is 13.2 Å². The number of halogens is 3. The monoisotopic (exact) mass is 289 g/mol. The van der Waals surface area contributed by atoms with Crippen molar-refractivity contribution in [1.29, 1.82) is 0 Å². The van der Waals surface area contributed by atoms with Crippen LogP contribution < -0.4 is 10.5 Å². The van der Waals surface area contributed by atoms with Gasteiger partial charge in [0.1, 0.15) is 5.75 Å². The van der Waals surface area contributed by atoms with E-state index in [-0.39, 0.29) is 12.2 Å². The summed E-state index contributed by atoms with van der Waals surface area (Å²) in [5.41, 5.74) is 6.60. The molecule has 0 heterocycles. The molecule has 114 valence electrons. The maximum absolute atomic E-state index is 12.9. The van der Waals surface area contributed by atoms with Crippen molar-refractivity contribution in [2.45, 2.75) is 57.9 Å². The van der Waals surface area contributed by atoms with Crippen LogP contribution >= 0.6 is 0 Å². The van der Waals surface area contributed by atoms with Crippen molar-refractivity contribution in [2.24, 2.45) is 5.73 Å². The van der Waals surface area contributed by atoms with Crippen LogP contribution in [0.3, 0.4) is 0 Å². The molecule has 0 bridgehead atoms. The first kappa shape index (κ1) is 16.8. The van der Waals surface area contributed by atoms with Gasteiger partial charge in [-0.1, -0.05) is 32.4 Å². The molecule has 0 saturated carbocycles. The molecular formula is C15H22F3NO. The first-order valence-corrected chi connectivity index (χ1v) is 6.96. The van der Waals surface area contributed by atoms with Crippen LogP contribution in [0.15, 0.2) is 24.3 Å². The van der Waals surface area contributed by atoms with Gasteiger partial charge >= 0.3 is 6.18 Å². The normalized spacial score (nSPS) is 14.9. The summed E-state index contributed by atoms with van der Waals surface area (Å²) in [6, 6.07) is 5.69. The van der Waals surface area contributed by atoms with Gasteiger partial charge in [-0.2, -0.15) is 13.2 Å². The molecule has 5 heteroatoms. The Morgan fingerprint density at radius 1 is 1.15 bits per heavy atom. The maximum Gasteiger partial charge on any atom is 0.426 e. The molecule has 2 nitrogen and oxygen atoms in total. The molecule has 0 aromatic heterocycles. The Labute approximate surface area is 118 Å². The lowest BCUT2D eigenvalue weighted by molar-refractivity contribution is -0.200. The van der Waals surface area contributed by atoms with Gasteiger partial charge in [-0.3, -0.25) is 0 Å². The molecule has 2 unspecified atom stereocenters. The first-order chi connectivity index (χ1) is 9.38. The zero-order chi connectivity index (χ0) is 15.2. The summed E-state index contributed by atoms with van der Waals surface area (Å²) in [5, 5.41) is 0. The molecular weight excluding hydrogens is 267 g/mol. The minimum absolute atomic E-state index is 0.205. The van der Waals surface area contributed by atoms with Crippen LogP contribution in [-0.4, -0.2) is 18.3 Å². The minimum atomic E-state index is -4.46.